The summed E-state index contributed by atoms with van der Waals surface area (Å²) in [4.78, 5) is 15.3. The molecule has 0 spiro atoms. The van der Waals surface area contributed by atoms with Crippen LogP contribution >= 0.6 is 11.6 Å². The molecule has 5 nitrogen and oxygen atoms in total. The maximum absolute atomic E-state index is 13.2. The summed E-state index contributed by atoms with van der Waals surface area (Å²) < 4.78 is 30.9. The first-order chi connectivity index (χ1) is 14.3. The number of carbonyl (C=O) groups excluding carboxylic acids is 1. The number of hydrogen-bond acceptors (Lipinski definition) is 4. The van der Waals surface area contributed by atoms with Crippen LogP contribution in [0.25, 0.3) is 0 Å². The van der Waals surface area contributed by atoms with Crippen LogP contribution in [0.15, 0.2) is 76.0 Å². The van der Waals surface area contributed by atoms with Crippen molar-refractivity contribution in [3.63, 3.8) is 0 Å². The molecule has 0 unspecified atom stereocenters. The highest BCUT2D eigenvalue weighted by Crippen LogP contribution is 2.36. The van der Waals surface area contributed by atoms with E-state index in [-0.39, 0.29) is 40.2 Å². The third kappa shape index (κ3) is 4.45. The van der Waals surface area contributed by atoms with Crippen LogP contribution in [0.5, 0.6) is 0 Å². The molecule has 7 heteroatoms. The number of benzene rings is 2. The van der Waals surface area contributed by atoms with Crippen LogP contribution in [-0.2, 0) is 15.6 Å². The Morgan fingerprint density at radius 3 is 2.37 bits per heavy atom. The number of hydrogen-bond donors (Lipinski definition) is 0. The number of amides is 1. The second kappa shape index (κ2) is 8.28. The molecule has 1 saturated carbocycles. The van der Waals surface area contributed by atoms with Crippen molar-refractivity contribution < 1.29 is 17.6 Å². The van der Waals surface area contributed by atoms with E-state index in [0.717, 1.165) is 18.4 Å². The van der Waals surface area contributed by atoms with Gasteiger partial charge in [0.2, 0.25) is 0 Å². The zero-order valence-corrected chi connectivity index (χ0v) is 18.1. The topological polar surface area (TPSA) is 67.6 Å². The predicted octanol–water partition coefficient (Wildman–Crippen LogP) is 5.27. The smallest absolute Gasteiger partial charge is 0.290 e. The summed E-state index contributed by atoms with van der Waals surface area (Å²) in [6, 6.07) is 18.8. The molecule has 1 aromatic heterocycles. The van der Waals surface area contributed by atoms with E-state index in [1.807, 2.05) is 36.1 Å². The van der Waals surface area contributed by atoms with Gasteiger partial charge in [-0.3, -0.25) is 4.79 Å². The van der Waals surface area contributed by atoms with Crippen LogP contribution in [0, 0.1) is 0 Å². The van der Waals surface area contributed by atoms with Crippen molar-refractivity contribution >= 4 is 27.3 Å². The van der Waals surface area contributed by atoms with Gasteiger partial charge in [-0.1, -0.05) is 41.9 Å². The molecule has 2 aromatic carbocycles. The average Bonchev–Trinajstić information content (AvgIpc) is 3.46. The Morgan fingerprint density at radius 1 is 1.07 bits per heavy atom. The van der Waals surface area contributed by atoms with Crippen molar-refractivity contribution in [3.05, 3.63) is 88.8 Å². The fraction of sp³-hybridized carbons (Fsp3) is 0.261. The van der Waals surface area contributed by atoms with Crippen LogP contribution in [0.3, 0.4) is 0 Å². The van der Waals surface area contributed by atoms with E-state index >= 15 is 0 Å². The molecule has 1 aliphatic carbocycles. The first kappa shape index (κ1) is 20.7. The van der Waals surface area contributed by atoms with Gasteiger partial charge >= 0.3 is 0 Å². The Balaban J connectivity index is 1.54. The minimum Gasteiger partial charge on any atom is -0.455 e. The highest BCUT2D eigenvalue weighted by molar-refractivity contribution is 7.90. The first-order valence-electron chi connectivity index (χ1n) is 9.80. The van der Waals surface area contributed by atoms with E-state index in [4.69, 9.17) is 16.0 Å². The normalized spacial score (nSPS) is 15.0. The van der Waals surface area contributed by atoms with Crippen molar-refractivity contribution in [1.29, 1.82) is 0 Å². The molecule has 4 rings (SSSR count). The molecule has 1 aliphatic rings. The molecule has 0 radical (unpaired) electrons. The van der Waals surface area contributed by atoms with Gasteiger partial charge in [0.15, 0.2) is 15.6 Å². The third-order valence-electron chi connectivity index (χ3n) is 5.25. The molecule has 0 N–H and O–H groups in total. The van der Waals surface area contributed by atoms with Crippen molar-refractivity contribution in [2.75, 3.05) is 0 Å². The zero-order chi connectivity index (χ0) is 21.3. The Kier molecular flexibility index (Phi) is 5.71. The van der Waals surface area contributed by atoms with Gasteiger partial charge in [-0.05, 0) is 61.7 Å². The standard InChI is InChI=1S/C23H22ClNO4S/c1-16(17-7-9-18(24)10-8-17)25(19-11-12-19)23(26)22-14-13-20(29-22)15-30(27,28)21-5-3-2-4-6-21/h2-10,13-14,16,19H,11-12,15H2,1H3/t16-/m0/s1. The largest absolute Gasteiger partial charge is 0.455 e. The molecule has 3 aromatic rings. The number of halogens is 1. The molecule has 1 fully saturated rings. The van der Waals surface area contributed by atoms with Gasteiger partial charge in [-0.15, -0.1) is 0 Å². The summed E-state index contributed by atoms with van der Waals surface area (Å²) in [6.45, 7) is 1.98. The van der Waals surface area contributed by atoms with Crippen LogP contribution in [-0.4, -0.2) is 25.3 Å². The maximum atomic E-state index is 13.2. The summed E-state index contributed by atoms with van der Waals surface area (Å²) in [6.07, 6.45) is 1.89. The number of sulfone groups is 1. The number of furan rings is 1. The van der Waals surface area contributed by atoms with Crippen molar-refractivity contribution in [1.82, 2.24) is 4.90 Å². The van der Waals surface area contributed by atoms with Gasteiger partial charge < -0.3 is 9.32 Å². The lowest BCUT2D eigenvalue weighted by Crippen LogP contribution is -2.35. The van der Waals surface area contributed by atoms with E-state index in [1.165, 1.54) is 0 Å². The Labute approximate surface area is 181 Å². The second-order valence-corrected chi connectivity index (χ2v) is 9.94. The van der Waals surface area contributed by atoms with Crippen LogP contribution in [0.4, 0.5) is 0 Å². The molecule has 1 atom stereocenters. The fourth-order valence-corrected chi connectivity index (χ4v) is 4.90. The molecule has 1 amide bonds. The van der Waals surface area contributed by atoms with Gasteiger partial charge in [0.1, 0.15) is 11.5 Å². The third-order valence-corrected chi connectivity index (χ3v) is 7.16. The summed E-state index contributed by atoms with van der Waals surface area (Å²) >= 11 is 5.98. The van der Waals surface area contributed by atoms with Gasteiger partial charge in [0, 0.05) is 11.1 Å². The van der Waals surface area contributed by atoms with E-state index in [2.05, 4.69) is 0 Å². The zero-order valence-electron chi connectivity index (χ0n) is 16.5. The minimum absolute atomic E-state index is 0.149. The average molecular weight is 444 g/mol. The van der Waals surface area contributed by atoms with Crippen molar-refractivity contribution in [2.45, 2.75) is 42.5 Å². The molecule has 1 heterocycles. The van der Waals surface area contributed by atoms with Gasteiger partial charge in [0.25, 0.3) is 5.91 Å². The number of rotatable bonds is 7. The number of carbonyl (C=O) groups is 1. The molecule has 0 bridgehead atoms. The van der Waals surface area contributed by atoms with E-state index < -0.39 is 9.84 Å². The highest BCUT2D eigenvalue weighted by atomic mass is 35.5. The monoisotopic (exact) mass is 443 g/mol. The number of nitrogens with zero attached hydrogens (tertiary/aromatic N) is 1. The maximum Gasteiger partial charge on any atom is 0.290 e. The van der Waals surface area contributed by atoms with Crippen LogP contribution in [0.1, 0.15) is 47.7 Å². The van der Waals surface area contributed by atoms with Crippen LogP contribution < -0.4 is 0 Å². The summed E-state index contributed by atoms with van der Waals surface area (Å²) in [5.74, 6) is -0.123. The second-order valence-electron chi connectivity index (χ2n) is 7.51. The molecular weight excluding hydrogens is 422 g/mol. The van der Waals surface area contributed by atoms with E-state index in [9.17, 15) is 13.2 Å². The Morgan fingerprint density at radius 2 is 1.73 bits per heavy atom. The fourth-order valence-electron chi connectivity index (χ4n) is 3.51. The highest BCUT2D eigenvalue weighted by Gasteiger charge is 2.38. The molecule has 0 aliphatic heterocycles. The SMILES string of the molecule is C[C@@H](c1ccc(Cl)cc1)N(C(=O)c1ccc(CS(=O)(=O)c2ccccc2)o1)C1CC1. The molecule has 156 valence electrons. The molecular formula is C23H22ClNO4S. The minimum atomic E-state index is -3.54. The van der Waals surface area contributed by atoms with E-state index in [1.54, 1.807) is 42.5 Å². The lowest BCUT2D eigenvalue weighted by Gasteiger charge is -2.29. The van der Waals surface area contributed by atoms with Crippen molar-refractivity contribution in [2.24, 2.45) is 0 Å². The van der Waals surface area contributed by atoms with Crippen molar-refractivity contribution in [3.8, 4) is 0 Å². The lowest BCUT2D eigenvalue weighted by molar-refractivity contribution is 0.0639. The molecule has 0 saturated heterocycles. The predicted molar refractivity (Wildman–Crippen MR) is 115 cm³/mol. The Bertz CT molecular complexity index is 1140. The molecule has 30 heavy (non-hydrogen) atoms. The Hall–Kier alpha value is -2.57. The first-order valence-corrected chi connectivity index (χ1v) is 11.8. The summed E-state index contributed by atoms with van der Waals surface area (Å²) in [7, 11) is -3.54. The summed E-state index contributed by atoms with van der Waals surface area (Å²) in [5.41, 5.74) is 0.984. The van der Waals surface area contributed by atoms with Gasteiger partial charge in [-0.2, -0.15) is 0 Å². The summed E-state index contributed by atoms with van der Waals surface area (Å²) in [5, 5.41) is 0.644. The van der Waals surface area contributed by atoms with Crippen LogP contribution in [0.2, 0.25) is 5.02 Å². The quantitative estimate of drug-likeness (QED) is 0.498. The van der Waals surface area contributed by atoms with E-state index in [0.29, 0.717) is 5.02 Å². The van der Waals surface area contributed by atoms with Gasteiger partial charge in [0.05, 0.1) is 10.9 Å². The van der Waals surface area contributed by atoms with Gasteiger partial charge in [-0.25, -0.2) is 8.42 Å². The lowest BCUT2D eigenvalue weighted by atomic mass is 10.1.